The van der Waals surface area contributed by atoms with Crippen LogP contribution in [0, 0.1) is 0 Å². The number of carbonyl (C=O) groups excluding carboxylic acids is 1. The van der Waals surface area contributed by atoms with Crippen LogP contribution in [0.2, 0.25) is 5.02 Å². The number of hydrogen-bond donors (Lipinski definition) is 0. The van der Waals surface area contributed by atoms with E-state index >= 15 is 4.39 Å². The maximum atomic E-state index is 15.2. The van der Waals surface area contributed by atoms with Gasteiger partial charge in [0, 0.05) is 24.1 Å². The Kier molecular flexibility index (Phi) is 4.17. The Bertz CT molecular complexity index is 726. The number of aromatic nitrogens is 2. The molecule has 7 heteroatoms. The number of nitrogens with zero attached hydrogens (tertiary/aromatic N) is 3. The summed E-state index contributed by atoms with van der Waals surface area (Å²) >= 11 is 5.93. The van der Waals surface area contributed by atoms with Crippen molar-refractivity contribution in [3.05, 3.63) is 52.7 Å². The Morgan fingerprint density at radius 1 is 1.35 bits per heavy atom. The van der Waals surface area contributed by atoms with Crippen molar-refractivity contribution in [2.45, 2.75) is 12.1 Å². The fourth-order valence-electron chi connectivity index (χ4n) is 2.65. The van der Waals surface area contributed by atoms with Gasteiger partial charge in [-0.1, -0.05) is 23.7 Å². The summed E-state index contributed by atoms with van der Waals surface area (Å²) in [5.74, 6) is -0.0246. The summed E-state index contributed by atoms with van der Waals surface area (Å²) in [7, 11) is 1.47. The smallest absolute Gasteiger partial charge is 0.274 e. The molecule has 1 saturated heterocycles. The van der Waals surface area contributed by atoms with Crippen LogP contribution in [0.15, 0.2) is 36.4 Å². The molecule has 0 unspecified atom stereocenters. The monoisotopic (exact) mass is 335 g/mol. The van der Waals surface area contributed by atoms with Crippen LogP contribution in [-0.2, 0) is 5.67 Å². The molecule has 0 saturated carbocycles. The van der Waals surface area contributed by atoms with Crippen LogP contribution in [0.5, 0.6) is 5.88 Å². The van der Waals surface area contributed by atoms with Crippen LogP contribution in [0.1, 0.15) is 22.5 Å². The van der Waals surface area contributed by atoms with Gasteiger partial charge in [-0.25, -0.2) is 4.39 Å². The normalized spacial score (nSPS) is 20.6. The number of alkyl halides is 1. The first-order valence-electron chi connectivity index (χ1n) is 7.14. The first-order valence-corrected chi connectivity index (χ1v) is 7.51. The Labute approximate surface area is 138 Å². The molecule has 0 N–H and O–H groups in total. The van der Waals surface area contributed by atoms with Crippen LogP contribution >= 0.6 is 11.6 Å². The first kappa shape index (κ1) is 15.7. The standard InChI is InChI=1S/C16H15ClFN3O2/c1-23-14-6-5-13(19-20-14)15(22)21-8-7-16(18,10-21)11-3-2-4-12(17)9-11/h2-6,9H,7-8,10H2,1H3/t16-/m0/s1. The lowest BCUT2D eigenvalue weighted by molar-refractivity contribution is 0.0743. The third kappa shape index (κ3) is 3.12. The highest BCUT2D eigenvalue weighted by molar-refractivity contribution is 6.30. The average molecular weight is 336 g/mol. The maximum absolute atomic E-state index is 15.2. The molecule has 1 aliphatic rings. The average Bonchev–Trinajstić information content (AvgIpc) is 2.98. The van der Waals surface area contributed by atoms with E-state index in [4.69, 9.17) is 16.3 Å². The number of likely N-dealkylation sites (tertiary alicyclic amines) is 1. The van der Waals surface area contributed by atoms with Crippen molar-refractivity contribution >= 4 is 17.5 Å². The molecule has 1 atom stereocenters. The summed E-state index contributed by atoms with van der Waals surface area (Å²) in [6, 6.07) is 9.76. The number of ether oxygens (including phenoxy) is 1. The number of carbonyl (C=O) groups is 1. The van der Waals surface area contributed by atoms with E-state index in [2.05, 4.69) is 10.2 Å². The third-order valence-electron chi connectivity index (χ3n) is 3.92. The number of hydrogen-bond acceptors (Lipinski definition) is 4. The molecule has 120 valence electrons. The SMILES string of the molecule is COc1ccc(C(=O)N2CC[C@@](F)(c3cccc(Cl)c3)C2)nn1. The molecular weight excluding hydrogens is 321 g/mol. The molecule has 0 bridgehead atoms. The van der Waals surface area contributed by atoms with Crippen LogP contribution in [0.4, 0.5) is 4.39 Å². The maximum Gasteiger partial charge on any atom is 0.274 e. The van der Waals surface area contributed by atoms with Crippen molar-refractivity contribution < 1.29 is 13.9 Å². The van der Waals surface area contributed by atoms with Gasteiger partial charge < -0.3 is 9.64 Å². The Balaban J connectivity index is 1.77. The highest BCUT2D eigenvalue weighted by Gasteiger charge is 2.42. The van der Waals surface area contributed by atoms with Crippen LogP contribution in [0.25, 0.3) is 0 Å². The number of rotatable bonds is 3. The van der Waals surface area contributed by atoms with Crippen molar-refractivity contribution in [2.24, 2.45) is 0 Å². The van der Waals surface area contributed by atoms with Gasteiger partial charge in [0.15, 0.2) is 11.4 Å². The van der Waals surface area contributed by atoms with Crippen molar-refractivity contribution in [3.63, 3.8) is 0 Å². The summed E-state index contributed by atoms with van der Waals surface area (Å²) in [5, 5.41) is 8.06. The summed E-state index contributed by atoms with van der Waals surface area (Å²) in [5.41, 5.74) is -0.942. The van der Waals surface area contributed by atoms with E-state index in [-0.39, 0.29) is 24.6 Å². The lowest BCUT2D eigenvalue weighted by atomic mass is 9.95. The Morgan fingerprint density at radius 3 is 2.83 bits per heavy atom. The van der Waals surface area contributed by atoms with Crippen molar-refractivity contribution in [3.8, 4) is 5.88 Å². The molecule has 1 aromatic heterocycles. The quantitative estimate of drug-likeness (QED) is 0.865. The Morgan fingerprint density at radius 2 is 2.17 bits per heavy atom. The minimum absolute atomic E-state index is 0.0279. The molecule has 2 heterocycles. The second kappa shape index (κ2) is 6.12. The lowest BCUT2D eigenvalue weighted by Gasteiger charge is -2.21. The van der Waals surface area contributed by atoms with Crippen LogP contribution < -0.4 is 4.74 Å². The Hall–Kier alpha value is -2.21. The van der Waals surface area contributed by atoms with E-state index in [1.807, 2.05) is 0 Å². The predicted octanol–water partition coefficient (Wildman–Crippen LogP) is 2.85. The van der Waals surface area contributed by atoms with Gasteiger partial charge in [0.2, 0.25) is 5.88 Å². The van der Waals surface area contributed by atoms with Gasteiger partial charge in [0.1, 0.15) is 0 Å². The van der Waals surface area contributed by atoms with Crippen molar-refractivity contribution in [1.82, 2.24) is 15.1 Å². The molecule has 1 aliphatic heterocycles. The van der Waals surface area contributed by atoms with E-state index in [0.717, 1.165) is 0 Å². The van der Waals surface area contributed by atoms with Gasteiger partial charge in [0.05, 0.1) is 13.7 Å². The zero-order chi connectivity index (χ0) is 16.4. The van der Waals surface area contributed by atoms with E-state index < -0.39 is 5.67 Å². The van der Waals surface area contributed by atoms with Gasteiger partial charge in [0.25, 0.3) is 5.91 Å². The summed E-state index contributed by atoms with van der Waals surface area (Å²) in [6.45, 7) is 0.287. The largest absolute Gasteiger partial charge is 0.480 e. The van der Waals surface area contributed by atoms with Crippen molar-refractivity contribution in [2.75, 3.05) is 20.2 Å². The minimum atomic E-state index is -1.60. The zero-order valence-corrected chi connectivity index (χ0v) is 13.3. The second-order valence-electron chi connectivity index (χ2n) is 5.41. The fraction of sp³-hybridized carbons (Fsp3) is 0.312. The molecule has 0 spiro atoms. The first-order chi connectivity index (χ1) is 11.0. The van der Waals surface area contributed by atoms with E-state index in [1.165, 1.54) is 18.1 Å². The molecule has 0 aliphatic carbocycles. The van der Waals surface area contributed by atoms with E-state index in [1.54, 1.807) is 30.3 Å². The van der Waals surface area contributed by atoms with Gasteiger partial charge in [-0.15, -0.1) is 10.2 Å². The molecule has 1 fully saturated rings. The van der Waals surface area contributed by atoms with Gasteiger partial charge in [-0.3, -0.25) is 4.79 Å². The van der Waals surface area contributed by atoms with Crippen LogP contribution in [-0.4, -0.2) is 41.2 Å². The minimum Gasteiger partial charge on any atom is -0.480 e. The van der Waals surface area contributed by atoms with Crippen LogP contribution in [0.3, 0.4) is 0 Å². The molecule has 0 radical (unpaired) electrons. The fourth-order valence-corrected chi connectivity index (χ4v) is 2.84. The van der Waals surface area contributed by atoms with Crippen molar-refractivity contribution in [1.29, 1.82) is 0 Å². The highest BCUT2D eigenvalue weighted by atomic mass is 35.5. The zero-order valence-electron chi connectivity index (χ0n) is 12.5. The molecule has 1 aromatic carbocycles. The number of halogens is 2. The third-order valence-corrected chi connectivity index (χ3v) is 4.15. The molecular formula is C16H15ClFN3O2. The van der Waals surface area contributed by atoms with Gasteiger partial charge in [-0.05, 0) is 23.8 Å². The summed E-state index contributed by atoms with van der Waals surface area (Å²) in [6.07, 6.45) is 0.225. The van der Waals surface area contributed by atoms with E-state index in [9.17, 15) is 4.79 Å². The number of amides is 1. The molecule has 23 heavy (non-hydrogen) atoms. The molecule has 3 rings (SSSR count). The molecule has 2 aromatic rings. The lowest BCUT2D eigenvalue weighted by Crippen LogP contribution is -2.32. The highest BCUT2D eigenvalue weighted by Crippen LogP contribution is 2.37. The molecule has 5 nitrogen and oxygen atoms in total. The van der Waals surface area contributed by atoms with Gasteiger partial charge in [-0.2, -0.15) is 0 Å². The number of methoxy groups -OCH3 is 1. The van der Waals surface area contributed by atoms with E-state index in [0.29, 0.717) is 23.0 Å². The second-order valence-corrected chi connectivity index (χ2v) is 5.85. The number of benzene rings is 1. The molecule has 1 amide bonds. The summed E-state index contributed by atoms with van der Waals surface area (Å²) in [4.78, 5) is 13.9. The van der Waals surface area contributed by atoms with Gasteiger partial charge >= 0.3 is 0 Å². The predicted molar refractivity (Wildman–Crippen MR) is 83.3 cm³/mol. The summed E-state index contributed by atoms with van der Waals surface area (Å²) < 4.78 is 20.1. The topological polar surface area (TPSA) is 55.3 Å².